The molecule has 15 heavy (non-hydrogen) atoms. The number of halogens is 1. The summed E-state index contributed by atoms with van der Waals surface area (Å²) in [5.74, 6) is 1.86. The average Bonchev–Trinajstić information content (AvgIpc) is 2.62. The van der Waals surface area contributed by atoms with Crippen molar-refractivity contribution in [3.05, 3.63) is 0 Å². The summed E-state index contributed by atoms with van der Waals surface area (Å²) in [6, 6.07) is 0.823. The molecule has 0 radical (unpaired) electrons. The zero-order chi connectivity index (χ0) is 10.8. The van der Waals surface area contributed by atoms with Crippen LogP contribution in [0, 0.1) is 11.8 Å². The number of nitrogens with zero attached hydrogens (tertiary/aromatic N) is 1. The van der Waals surface area contributed by atoms with Crippen molar-refractivity contribution in [3.63, 3.8) is 0 Å². The van der Waals surface area contributed by atoms with Crippen molar-refractivity contribution in [2.75, 3.05) is 13.1 Å². The maximum Gasteiger partial charge on any atom is 0.0339 e. The lowest BCUT2D eigenvalue weighted by molar-refractivity contribution is 0.218. The minimum atomic E-state index is 0.466. The van der Waals surface area contributed by atoms with Gasteiger partial charge in [-0.1, -0.05) is 13.8 Å². The van der Waals surface area contributed by atoms with Crippen LogP contribution in [0.2, 0.25) is 0 Å². The normalized spacial score (nSPS) is 37.2. The first-order valence-corrected chi connectivity index (χ1v) is 7.06. The Hall–Kier alpha value is 0.250. The second kappa shape index (κ2) is 5.05. The fourth-order valence-corrected chi connectivity index (χ4v) is 3.87. The Bertz CT molecular complexity index is 203. The molecule has 3 atom stereocenters. The molecule has 1 aliphatic heterocycles. The molecule has 0 spiro atoms. The highest BCUT2D eigenvalue weighted by molar-refractivity contribution is 6.20. The van der Waals surface area contributed by atoms with Crippen LogP contribution in [0.1, 0.15) is 46.0 Å². The minimum absolute atomic E-state index is 0.466. The van der Waals surface area contributed by atoms with Gasteiger partial charge >= 0.3 is 0 Å². The van der Waals surface area contributed by atoms with Gasteiger partial charge < -0.3 is 0 Å². The molecule has 88 valence electrons. The summed E-state index contributed by atoms with van der Waals surface area (Å²) in [5.41, 5.74) is 0. The summed E-state index contributed by atoms with van der Waals surface area (Å²) < 4.78 is 0. The van der Waals surface area contributed by atoms with Crippen molar-refractivity contribution in [2.24, 2.45) is 11.8 Å². The smallest absolute Gasteiger partial charge is 0.0339 e. The Morgan fingerprint density at radius 2 is 1.80 bits per heavy atom. The first-order chi connectivity index (χ1) is 7.24. The number of hydrogen-bond donors (Lipinski definition) is 0. The third kappa shape index (κ3) is 2.50. The van der Waals surface area contributed by atoms with E-state index in [-0.39, 0.29) is 0 Å². The lowest BCUT2D eigenvalue weighted by Crippen LogP contribution is -2.32. The van der Waals surface area contributed by atoms with Crippen molar-refractivity contribution >= 4 is 11.6 Å². The summed E-state index contributed by atoms with van der Waals surface area (Å²) in [4.78, 5) is 2.73. The van der Waals surface area contributed by atoms with Gasteiger partial charge in [0, 0.05) is 24.5 Å². The maximum atomic E-state index is 6.26. The molecule has 3 unspecified atom stereocenters. The SMILES string of the molecule is CCC(CC)N1CC2CCC(Cl)CC2C1. The van der Waals surface area contributed by atoms with E-state index in [1.807, 2.05) is 0 Å². The van der Waals surface area contributed by atoms with E-state index in [4.69, 9.17) is 11.6 Å². The predicted octanol–water partition coefficient (Wildman–Crippen LogP) is 3.51. The van der Waals surface area contributed by atoms with Gasteiger partial charge in [0.2, 0.25) is 0 Å². The molecule has 0 aromatic carbocycles. The molecule has 1 aliphatic carbocycles. The van der Waals surface area contributed by atoms with Gasteiger partial charge in [0.15, 0.2) is 0 Å². The highest BCUT2D eigenvalue weighted by Gasteiger charge is 2.38. The van der Waals surface area contributed by atoms with E-state index in [0.29, 0.717) is 5.38 Å². The molecule has 0 amide bonds. The van der Waals surface area contributed by atoms with Crippen LogP contribution >= 0.6 is 11.6 Å². The fraction of sp³-hybridized carbons (Fsp3) is 1.00. The molecule has 0 aromatic heterocycles. The summed E-state index contributed by atoms with van der Waals surface area (Å²) in [7, 11) is 0. The van der Waals surface area contributed by atoms with Gasteiger partial charge in [0.05, 0.1) is 0 Å². The molecular formula is C13H24ClN. The van der Waals surface area contributed by atoms with Gasteiger partial charge in [-0.25, -0.2) is 0 Å². The van der Waals surface area contributed by atoms with E-state index < -0.39 is 0 Å². The van der Waals surface area contributed by atoms with Gasteiger partial charge in [-0.15, -0.1) is 11.6 Å². The van der Waals surface area contributed by atoms with Crippen molar-refractivity contribution in [1.29, 1.82) is 0 Å². The lowest BCUT2D eigenvalue weighted by atomic mass is 9.82. The number of alkyl halides is 1. The van der Waals surface area contributed by atoms with Crippen LogP contribution in [0.4, 0.5) is 0 Å². The van der Waals surface area contributed by atoms with E-state index in [1.54, 1.807) is 0 Å². The quantitative estimate of drug-likeness (QED) is 0.670. The van der Waals surface area contributed by atoms with Crippen molar-refractivity contribution in [1.82, 2.24) is 4.90 Å². The Labute approximate surface area is 99.2 Å². The Morgan fingerprint density at radius 1 is 1.13 bits per heavy atom. The Kier molecular flexibility index (Phi) is 3.95. The van der Waals surface area contributed by atoms with Crippen molar-refractivity contribution < 1.29 is 0 Å². The van der Waals surface area contributed by atoms with Crippen LogP contribution in [0.5, 0.6) is 0 Å². The van der Waals surface area contributed by atoms with Crippen molar-refractivity contribution in [2.45, 2.75) is 57.4 Å². The number of rotatable bonds is 3. The van der Waals surface area contributed by atoms with Gasteiger partial charge in [0.1, 0.15) is 0 Å². The minimum Gasteiger partial charge on any atom is -0.300 e. The molecule has 1 nitrogen and oxygen atoms in total. The monoisotopic (exact) mass is 229 g/mol. The van der Waals surface area contributed by atoms with E-state index in [2.05, 4.69) is 18.7 Å². The molecule has 2 fully saturated rings. The molecule has 1 saturated carbocycles. The van der Waals surface area contributed by atoms with E-state index in [9.17, 15) is 0 Å². The van der Waals surface area contributed by atoms with Crippen LogP contribution < -0.4 is 0 Å². The molecular weight excluding hydrogens is 206 g/mol. The Morgan fingerprint density at radius 3 is 2.47 bits per heavy atom. The lowest BCUT2D eigenvalue weighted by Gasteiger charge is -2.27. The van der Waals surface area contributed by atoms with Crippen LogP contribution in [0.3, 0.4) is 0 Å². The second-order valence-corrected chi connectivity index (χ2v) is 5.97. The highest BCUT2D eigenvalue weighted by Crippen LogP contribution is 2.39. The largest absolute Gasteiger partial charge is 0.300 e. The van der Waals surface area contributed by atoms with Crippen LogP contribution in [0.15, 0.2) is 0 Å². The molecule has 0 bridgehead atoms. The van der Waals surface area contributed by atoms with Crippen LogP contribution in [0.25, 0.3) is 0 Å². The first-order valence-electron chi connectivity index (χ1n) is 6.62. The molecule has 0 aromatic rings. The first kappa shape index (κ1) is 11.7. The molecule has 2 rings (SSSR count). The third-order valence-electron chi connectivity index (χ3n) is 4.47. The fourth-order valence-electron chi connectivity index (χ4n) is 3.51. The predicted molar refractivity (Wildman–Crippen MR) is 66.4 cm³/mol. The van der Waals surface area contributed by atoms with E-state index in [0.717, 1.165) is 17.9 Å². The highest BCUT2D eigenvalue weighted by atomic mass is 35.5. The average molecular weight is 230 g/mol. The molecule has 2 aliphatic rings. The van der Waals surface area contributed by atoms with Gasteiger partial charge in [-0.3, -0.25) is 4.90 Å². The summed E-state index contributed by atoms with van der Waals surface area (Å²) >= 11 is 6.26. The van der Waals surface area contributed by atoms with Crippen LogP contribution in [-0.4, -0.2) is 29.4 Å². The second-order valence-electron chi connectivity index (χ2n) is 5.35. The Balaban J connectivity index is 1.92. The zero-order valence-electron chi connectivity index (χ0n) is 10.1. The number of fused-ring (bicyclic) bond motifs is 1. The molecule has 1 saturated heterocycles. The van der Waals surface area contributed by atoms with Crippen LogP contribution in [-0.2, 0) is 0 Å². The maximum absolute atomic E-state index is 6.26. The molecule has 0 N–H and O–H groups in total. The molecule has 2 heteroatoms. The van der Waals surface area contributed by atoms with Gasteiger partial charge in [-0.2, -0.15) is 0 Å². The third-order valence-corrected chi connectivity index (χ3v) is 4.87. The number of likely N-dealkylation sites (tertiary alicyclic amines) is 1. The van der Waals surface area contributed by atoms with Crippen molar-refractivity contribution in [3.8, 4) is 0 Å². The zero-order valence-corrected chi connectivity index (χ0v) is 10.8. The van der Waals surface area contributed by atoms with Gasteiger partial charge in [0.25, 0.3) is 0 Å². The van der Waals surface area contributed by atoms with E-state index >= 15 is 0 Å². The summed E-state index contributed by atoms with van der Waals surface area (Å²) in [6.45, 7) is 7.31. The summed E-state index contributed by atoms with van der Waals surface area (Å²) in [5, 5.41) is 0.466. The standard InChI is InChI=1S/C13H24ClN/c1-3-13(4-2)15-8-10-5-6-12(14)7-11(10)9-15/h10-13H,3-9H2,1-2H3. The number of hydrogen-bond acceptors (Lipinski definition) is 1. The molecule has 1 heterocycles. The van der Waals surface area contributed by atoms with Gasteiger partial charge in [-0.05, 0) is 43.9 Å². The topological polar surface area (TPSA) is 3.24 Å². The summed E-state index contributed by atoms with van der Waals surface area (Å²) in [6.07, 6.45) is 6.50. The van der Waals surface area contributed by atoms with E-state index in [1.165, 1.54) is 45.2 Å².